The first kappa shape index (κ1) is 40.7. The summed E-state index contributed by atoms with van der Waals surface area (Å²) >= 11 is 1.92. The minimum Gasteiger partial charge on any atom is -0.310 e. The number of hydrogen-bond donors (Lipinski definition) is 0. The van der Waals surface area contributed by atoms with Crippen LogP contribution in [0.4, 0.5) is 17.1 Å². The van der Waals surface area contributed by atoms with Gasteiger partial charge < -0.3 is 4.90 Å². The Morgan fingerprint density at radius 3 is 1.68 bits per heavy atom. The van der Waals surface area contributed by atoms with E-state index in [0.717, 1.165) is 5.92 Å². The van der Waals surface area contributed by atoms with E-state index >= 15 is 0 Å². The lowest BCUT2D eigenvalue weighted by Crippen LogP contribution is -2.61. The number of hydrogen-bond acceptors (Lipinski definition) is 2. The highest BCUT2D eigenvalue weighted by Gasteiger charge is 2.66. The van der Waals surface area contributed by atoms with Crippen molar-refractivity contribution < 1.29 is 0 Å². The van der Waals surface area contributed by atoms with Gasteiger partial charge in [-0.1, -0.05) is 178 Å². The molecule has 7 aliphatic carbocycles. The van der Waals surface area contributed by atoms with Crippen LogP contribution in [0.1, 0.15) is 97.4 Å². The van der Waals surface area contributed by atoms with Crippen molar-refractivity contribution in [3.8, 4) is 33.4 Å². The molecule has 0 aliphatic heterocycles. The fraction of sp³-hybridized carbons (Fsp3) is 0.217. The van der Waals surface area contributed by atoms with Crippen LogP contribution in [0.15, 0.2) is 200 Å². The van der Waals surface area contributed by atoms with Crippen LogP contribution in [0.3, 0.4) is 0 Å². The molecule has 4 bridgehead atoms. The molecule has 1 heterocycles. The maximum Gasteiger partial charge on any atom is 0.0719 e. The molecule has 10 aromatic rings. The second-order valence-corrected chi connectivity index (χ2v) is 24.3. The van der Waals surface area contributed by atoms with Gasteiger partial charge >= 0.3 is 0 Å². The molecule has 4 fully saturated rings. The molecule has 2 heteroatoms. The van der Waals surface area contributed by atoms with Crippen LogP contribution in [0.5, 0.6) is 0 Å². The van der Waals surface area contributed by atoms with Gasteiger partial charge in [0.2, 0.25) is 0 Å². The van der Waals surface area contributed by atoms with E-state index in [-0.39, 0.29) is 10.8 Å². The van der Waals surface area contributed by atoms with E-state index in [1.165, 1.54) is 136 Å². The molecule has 0 amide bonds. The monoisotopic (exact) mass is 929 g/mol. The number of fused-ring (bicyclic) bond motifs is 15. The fourth-order valence-electron chi connectivity index (χ4n) is 17.0. The molecule has 342 valence electrons. The molecular formula is C69H55NS. The minimum absolute atomic E-state index is 0.0952. The van der Waals surface area contributed by atoms with Crippen molar-refractivity contribution in [3.05, 3.63) is 245 Å². The smallest absolute Gasteiger partial charge is 0.0719 e. The van der Waals surface area contributed by atoms with Crippen molar-refractivity contribution >= 4 is 48.6 Å². The Hall–Kier alpha value is -7.00. The first-order valence-corrected chi connectivity index (χ1v) is 27.1. The van der Waals surface area contributed by atoms with Crippen molar-refractivity contribution in [2.75, 3.05) is 4.90 Å². The number of thiophene rings is 1. The summed E-state index contributed by atoms with van der Waals surface area (Å²) in [7, 11) is 0. The van der Waals surface area contributed by atoms with Gasteiger partial charge in [-0.3, -0.25) is 0 Å². The highest BCUT2D eigenvalue weighted by molar-refractivity contribution is 7.26. The number of anilines is 3. The van der Waals surface area contributed by atoms with Crippen molar-refractivity contribution in [2.24, 2.45) is 23.2 Å². The van der Waals surface area contributed by atoms with E-state index in [2.05, 4.69) is 226 Å². The van der Waals surface area contributed by atoms with Crippen molar-refractivity contribution in [3.63, 3.8) is 0 Å². The van der Waals surface area contributed by atoms with Crippen LogP contribution in [-0.2, 0) is 16.2 Å². The summed E-state index contributed by atoms with van der Waals surface area (Å²) in [6, 6.07) is 78.2. The molecule has 71 heavy (non-hydrogen) atoms. The fourth-order valence-corrected chi connectivity index (χ4v) is 18.2. The Balaban J connectivity index is 0.978. The first-order chi connectivity index (χ1) is 34.8. The van der Waals surface area contributed by atoms with Crippen LogP contribution in [-0.4, -0.2) is 0 Å². The summed E-state index contributed by atoms with van der Waals surface area (Å²) in [6.07, 6.45) is 6.63. The Morgan fingerprint density at radius 1 is 0.408 bits per heavy atom. The standard InChI is InChI=1S/C69H55NS/c1-66(2)56-24-8-4-18-50(56)53-32-30-47(37-62(53)66)70(46-17-14-16-43(36-46)49-22-15-23-55-54-21-7-13-29-64(54)71-65(49)55)48-31-33-61-63(38-48)68(44-34-42-35-45(68)41-67(3,39-42)40-44)59-27-11-12-28-60(59)69(61)57-25-9-5-19-51(57)52-20-6-10-26-58(52)69/h4-33,36-38,42,44-45H,34-35,39-41H2,1-3H3/t42?,44-,45+,67?,68?. The first-order valence-electron chi connectivity index (χ1n) is 26.3. The molecule has 3 unspecified atom stereocenters. The van der Waals surface area contributed by atoms with Gasteiger partial charge in [-0.25, -0.2) is 0 Å². The van der Waals surface area contributed by atoms with E-state index in [0.29, 0.717) is 17.3 Å². The molecule has 1 aromatic heterocycles. The van der Waals surface area contributed by atoms with Gasteiger partial charge in [-0.05, 0) is 176 Å². The third-order valence-corrected chi connectivity index (χ3v) is 20.5. The normalized spacial score (nSPS) is 23.9. The van der Waals surface area contributed by atoms with E-state index < -0.39 is 5.41 Å². The highest BCUT2D eigenvalue weighted by Crippen LogP contribution is 2.74. The van der Waals surface area contributed by atoms with Crippen LogP contribution in [0, 0.1) is 23.2 Å². The maximum absolute atomic E-state index is 2.74. The Morgan fingerprint density at radius 2 is 0.944 bits per heavy atom. The zero-order chi connectivity index (χ0) is 47.0. The Labute approximate surface area is 421 Å². The average Bonchev–Trinajstić information content (AvgIpc) is 4.01. The third kappa shape index (κ3) is 5.17. The second kappa shape index (κ2) is 14.1. The quantitative estimate of drug-likeness (QED) is 0.170. The summed E-state index contributed by atoms with van der Waals surface area (Å²) in [5, 5.41) is 2.67. The topological polar surface area (TPSA) is 3.24 Å². The minimum atomic E-state index is -0.432. The van der Waals surface area contributed by atoms with Crippen LogP contribution in [0.25, 0.3) is 53.6 Å². The van der Waals surface area contributed by atoms with Gasteiger partial charge in [0, 0.05) is 48.1 Å². The molecule has 7 aliphatic rings. The summed E-state index contributed by atoms with van der Waals surface area (Å²) in [6.45, 7) is 7.48. The lowest BCUT2D eigenvalue weighted by atomic mass is 9.36. The van der Waals surface area contributed by atoms with Crippen molar-refractivity contribution in [2.45, 2.75) is 69.1 Å². The summed E-state index contributed by atoms with van der Waals surface area (Å²) in [5.74, 6) is 1.97. The largest absolute Gasteiger partial charge is 0.310 e. The van der Waals surface area contributed by atoms with Gasteiger partial charge in [0.15, 0.2) is 0 Å². The molecular weight excluding hydrogens is 875 g/mol. The lowest BCUT2D eigenvalue weighted by molar-refractivity contribution is -0.0919. The van der Waals surface area contributed by atoms with Gasteiger partial charge in [0.1, 0.15) is 0 Å². The average molecular weight is 930 g/mol. The maximum atomic E-state index is 2.74. The summed E-state index contributed by atoms with van der Waals surface area (Å²) in [4.78, 5) is 2.63. The van der Waals surface area contributed by atoms with Crippen LogP contribution >= 0.6 is 11.3 Å². The second-order valence-electron chi connectivity index (χ2n) is 23.2. The number of nitrogens with zero attached hydrogens (tertiary/aromatic N) is 1. The number of benzene rings is 9. The molecule has 1 nitrogen and oxygen atoms in total. The molecule has 17 rings (SSSR count). The van der Waals surface area contributed by atoms with Crippen molar-refractivity contribution in [1.29, 1.82) is 0 Å². The summed E-state index contributed by atoms with van der Waals surface area (Å²) < 4.78 is 2.69. The molecule has 4 saturated carbocycles. The molecule has 5 atom stereocenters. The zero-order valence-corrected chi connectivity index (χ0v) is 41.5. The van der Waals surface area contributed by atoms with E-state index in [1.54, 1.807) is 11.1 Å². The lowest BCUT2D eigenvalue weighted by Gasteiger charge is -2.67. The third-order valence-electron chi connectivity index (χ3n) is 19.3. The summed E-state index contributed by atoms with van der Waals surface area (Å²) in [5.41, 5.74) is 23.2. The highest BCUT2D eigenvalue weighted by atomic mass is 32.1. The molecule has 9 aromatic carbocycles. The van der Waals surface area contributed by atoms with Crippen LogP contribution in [0.2, 0.25) is 0 Å². The SMILES string of the molecule is CC12CC3C[C@H](C1)C1(c4ccccc4C4(c5ccccc5-c5ccccc54)c4ccc(N(c5cccc(-c6cccc7c6sc6ccccc67)c5)c5ccc6c(c5)C(C)(C)c5ccccc5-6)cc41)[C@@H](C3)C2. The van der Waals surface area contributed by atoms with Gasteiger partial charge in [0.25, 0.3) is 0 Å². The van der Waals surface area contributed by atoms with Crippen molar-refractivity contribution in [1.82, 2.24) is 0 Å². The van der Waals surface area contributed by atoms with E-state index in [1.807, 2.05) is 11.3 Å². The van der Waals surface area contributed by atoms with E-state index in [4.69, 9.17) is 0 Å². The van der Waals surface area contributed by atoms with Gasteiger partial charge in [0.05, 0.1) is 5.41 Å². The molecule has 0 N–H and O–H groups in total. The molecule has 0 radical (unpaired) electrons. The van der Waals surface area contributed by atoms with E-state index in [9.17, 15) is 0 Å². The predicted octanol–water partition coefficient (Wildman–Crippen LogP) is 18.3. The molecule has 2 spiro atoms. The Bertz CT molecular complexity index is 3860. The number of rotatable bonds is 4. The van der Waals surface area contributed by atoms with Gasteiger partial charge in [-0.15, -0.1) is 11.3 Å². The predicted molar refractivity (Wildman–Crippen MR) is 297 cm³/mol. The van der Waals surface area contributed by atoms with Crippen LogP contribution < -0.4 is 4.90 Å². The Kier molecular flexibility index (Phi) is 8.09. The van der Waals surface area contributed by atoms with Gasteiger partial charge in [-0.2, -0.15) is 0 Å². The molecule has 0 saturated heterocycles. The zero-order valence-electron chi connectivity index (χ0n) is 40.7.